The van der Waals surface area contributed by atoms with Crippen molar-refractivity contribution < 1.29 is 14.0 Å². The van der Waals surface area contributed by atoms with Crippen LogP contribution in [0.2, 0.25) is 0 Å². The molecule has 2 aliphatic rings. The fourth-order valence-corrected chi connectivity index (χ4v) is 4.54. The number of nitrogens with zero attached hydrogens (tertiary/aromatic N) is 4. The van der Waals surface area contributed by atoms with Crippen molar-refractivity contribution >= 4 is 22.9 Å². The molecule has 1 aromatic carbocycles. The van der Waals surface area contributed by atoms with Crippen molar-refractivity contribution in [3.8, 4) is 0 Å². The summed E-state index contributed by atoms with van der Waals surface area (Å²) in [6, 6.07) is 7.33. The Hall–Kier alpha value is -2.61. The fraction of sp³-hybridized carbons (Fsp3) is 0.609. The van der Waals surface area contributed by atoms with Crippen LogP contribution in [-0.2, 0) is 16.1 Å². The Labute approximate surface area is 182 Å². The van der Waals surface area contributed by atoms with Crippen molar-refractivity contribution in [1.82, 2.24) is 19.3 Å². The first-order valence-electron chi connectivity index (χ1n) is 11.5. The van der Waals surface area contributed by atoms with Gasteiger partial charge in [-0.3, -0.25) is 19.1 Å². The molecule has 0 unspecified atom stereocenters. The third kappa shape index (κ3) is 5.36. The monoisotopic (exact) mass is 428 g/mol. The van der Waals surface area contributed by atoms with E-state index in [2.05, 4.69) is 4.90 Å². The van der Waals surface area contributed by atoms with Gasteiger partial charge in [0.1, 0.15) is 0 Å². The first-order chi connectivity index (χ1) is 15.1. The summed E-state index contributed by atoms with van der Waals surface area (Å²) < 4.78 is 6.83. The Morgan fingerprint density at radius 3 is 2.26 bits per heavy atom. The molecule has 0 aliphatic carbocycles. The highest BCUT2D eigenvalue weighted by Crippen LogP contribution is 2.14. The molecular formula is C23H32N4O4. The maximum absolute atomic E-state index is 12.6. The zero-order chi connectivity index (χ0) is 21.6. The molecule has 2 amide bonds. The minimum Gasteiger partial charge on any atom is -0.408 e. The van der Waals surface area contributed by atoms with E-state index >= 15 is 0 Å². The zero-order valence-corrected chi connectivity index (χ0v) is 18.1. The number of aromatic nitrogens is 1. The molecular weight excluding hydrogens is 396 g/mol. The van der Waals surface area contributed by atoms with E-state index < -0.39 is 0 Å². The third-order valence-electron chi connectivity index (χ3n) is 6.39. The molecule has 31 heavy (non-hydrogen) atoms. The van der Waals surface area contributed by atoms with Crippen LogP contribution in [0.15, 0.2) is 33.5 Å². The van der Waals surface area contributed by atoms with Crippen molar-refractivity contribution in [3.63, 3.8) is 0 Å². The Kier molecular flexibility index (Phi) is 7.06. The van der Waals surface area contributed by atoms with Gasteiger partial charge in [-0.25, -0.2) is 4.79 Å². The predicted molar refractivity (Wildman–Crippen MR) is 118 cm³/mol. The van der Waals surface area contributed by atoms with Crippen LogP contribution < -0.4 is 5.76 Å². The Morgan fingerprint density at radius 1 is 0.839 bits per heavy atom. The fourth-order valence-electron chi connectivity index (χ4n) is 4.54. The molecule has 0 atom stereocenters. The number of fused-ring (bicyclic) bond motifs is 1. The molecule has 2 saturated heterocycles. The van der Waals surface area contributed by atoms with Gasteiger partial charge in [0.25, 0.3) is 0 Å². The van der Waals surface area contributed by atoms with Gasteiger partial charge in [-0.05, 0) is 31.4 Å². The minimum absolute atomic E-state index is 0.111. The second-order valence-electron chi connectivity index (χ2n) is 8.54. The lowest BCUT2D eigenvalue weighted by Crippen LogP contribution is -2.51. The lowest BCUT2D eigenvalue weighted by Gasteiger charge is -2.35. The number of carbonyl (C=O) groups is 2. The molecule has 0 bridgehead atoms. The van der Waals surface area contributed by atoms with E-state index in [4.69, 9.17) is 4.42 Å². The van der Waals surface area contributed by atoms with Crippen LogP contribution in [0.1, 0.15) is 38.5 Å². The van der Waals surface area contributed by atoms with Gasteiger partial charge >= 0.3 is 5.76 Å². The van der Waals surface area contributed by atoms with Crippen molar-refractivity contribution in [3.05, 3.63) is 34.8 Å². The number of aryl methyl sites for hydroxylation is 1. The quantitative estimate of drug-likeness (QED) is 0.702. The van der Waals surface area contributed by atoms with Crippen LogP contribution in [0.5, 0.6) is 0 Å². The molecule has 1 aromatic heterocycles. The highest BCUT2D eigenvalue weighted by Gasteiger charge is 2.24. The minimum atomic E-state index is -0.378. The molecule has 2 fully saturated rings. The van der Waals surface area contributed by atoms with E-state index in [0.29, 0.717) is 44.6 Å². The molecule has 2 aromatic rings. The summed E-state index contributed by atoms with van der Waals surface area (Å²) in [5, 5.41) is 0. The molecule has 0 spiro atoms. The molecule has 4 rings (SSSR count). The largest absolute Gasteiger partial charge is 0.419 e. The van der Waals surface area contributed by atoms with E-state index in [-0.39, 0.29) is 17.6 Å². The number of carbonyl (C=O) groups excluding carboxylic acids is 2. The normalized spacial score (nSPS) is 18.3. The van der Waals surface area contributed by atoms with Gasteiger partial charge in [-0.1, -0.05) is 25.0 Å². The second kappa shape index (κ2) is 10.1. The SMILES string of the molecule is O=C(CCCn1c(=O)oc2ccccc21)N1CCN(CC(=O)N2CCCCCC2)CC1. The summed E-state index contributed by atoms with van der Waals surface area (Å²) in [6.07, 6.45) is 5.64. The molecule has 8 nitrogen and oxygen atoms in total. The standard InChI is InChI=1S/C23H32N4O4/c28-21(10-7-13-27-19-8-3-4-9-20(19)31-23(27)30)26-16-14-24(15-17-26)18-22(29)25-11-5-1-2-6-12-25/h3-4,8-9H,1-2,5-7,10-18H2. The average Bonchev–Trinajstić information content (AvgIpc) is 2.95. The van der Waals surface area contributed by atoms with Gasteiger partial charge in [-0.2, -0.15) is 0 Å². The molecule has 168 valence electrons. The number of amides is 2. The summed E-state index contributed by atoms with van der Waals surface area (Å²) >= 11 is 0. The number of hydrogen-bond donors (Lipinski definition) is 0. The van der Waals surface area contributed by atoms with Crippen molar-refractivity contribution in [2.75, 3.05) is 45.8 Å². The number of likely N-dealkylation sites (tertiary alicyclic amines) is 1. The summed E-state index contributed by atoms with van der Waals surface area (Å²) in [6.45, 7) is 5.46. The summed E-state index contributed by atoms with van der Waals surface area (Å²) in [4.78, 5) is 43.3. The summed E-state index contributed by atoms with van der Waals surface area (Å²) in [7, 11) is 0. The van der Waals surface area contributed by atoms with Crippen LogP contribution in [0, 0.1) is 0 Å². The van der Waals surface area contributed by atoms with Crippen molar-refractivity contribution in [2.45, 2.75) is 45.1 Å². The van der Waals surface area contributed by atoms with Gasteiger partial charge in [0.15, 0.2) is 5.58 Å². The lowest BCUT2D eigenvalue weighted by atomic mass is 10.2. The molecule has 3 heterocycles. The Bertz CT molecular complexity index is 950. The molecule has 0 radical (unpaired) electrons. The zero-order valence-electron chi connectivity index (χ0n) is 18.1. The molecule has 2 aliphatic heterocycles. The number of oxazole rings is 1. The molecule has 8 heteroatoms. The Balaban J connectivity index is 1.20. The topological polar surface area (TPSA) is 79.0 Å². The lowest BCUT2D eigenvalue weighted by molar-refractivity contribution is -0.135. The maximum atomic E-state index is 12.6. The second-order valence-corrected chi connectivity index (χ2v) is 8.54. The van der Waals surface area contributed by atoms with Crippen LogP contribution in [-0.4, -0.2) is 76.9 Å². The van der Waals surface area contributed by atoms with E-state index in [0.717, 1.165) is 44.5 Å². The Morgan fingerprint density at radius 2 is 1.52 bits per heavy atom. The van der Waals surface area contributed by atoms with Gasteiger partial charge < -0.3 is 14.2 Å². The van der Waals surface area contributed by atoms with Crippen LogP contribution in [0.4, 0.5) is 0 Å². The van der Waals surface area contributed by atoms with Crippen LogP contribution in [0.25, 0.3) is 11.1 Å². The van der Waals surface area contributed by atoms with Crippen molar-refractivity contribution in [2.24, 2.45) is 0 Å². The number of para-hydroxylation sites is 2. The highest BCUT2D eigenvalue weighted by molar-refractivity contribution is 5.78. The van der Waals surface area contributed by atoms with Crippen LogP contribution in [0.3, 0.4) is 0 Å². The molecule has 0 N–H and O–H groups in total. The number of rotatable bonds is 6. The summed E-state index contributed by atoms with van der Waals surface area (Å²) in [5.41, 5.74) is 1.34. The maximum Gasteiger partial charge on any atom is 0.419 e. The van der Waals surface area contributed by atoms with E-state index in [9.17, 15) is 14.4 Å². The first kappa shape index (κ1) is 21.6. The predicted octanol–water partition coefficient (Wildman–Crippen LogP) is 1.92. The van der Waals surface area contributed by atoms with E-state index in [1.807, 2.05) is 28.0 Å². The molecule has 0 saturated carbocycles. The van der Waals surface area contributed by atoms with Crippen molar-refractivity contribution in [1.29, 1.82) is 0 Å². The van der Waals surface area contributed by atoms with Crippen LogP contribution >= 0.6 is 0 Å². The van der Waals surface area contributed by atoms with E-state index in [1.54, 1.807) is 10.6 Å². The summed E-state index contributed by atoms with van der Waals surface area (Å²) in [5.74, 6) is -0.0462. The van der Waals surface area contributed by atoms with E-state index in [1.165, 1.54) is 12.8 Å². The average molecular weight is 429 g/mol. The number of benzene rings is 1. The van der Waals surface area contributed by atoms with Gasteiger partial charge in [0, 0.05) is 52.2 Å². The number of hydrogen-bond acceptors (Lipinski definition) is 5. The van der Waals surface area contributed by atoms with Gasteiger partial charge in [-0.15, -0.1) is 0 Å². The highest BCUT2D eigenvalue weighted by atomic mass is 16.4. The van der Waals surface area contributed by atoms with Gasteiger partial charge in [0.2, 0.25) is 11.8 Å². The first-order valence-corrected chi connectivity index (χ1v) is 11.5. The number of piperazine rings is 1. The smallest absolute Gasteiger partial charge is 0.408 e. The third-order valence-corrected chi connectivity index (χ3v) is 6.39. The van der Waals surface area contributed by atoms with Gasteiger partial charge in [0.05, 0.1) is 12.1 Å².